The minimum absolute atomic E-state index is 0.0813. The summed E-state index contributed by atoms with van der Waals surface area (Å²) in [5, 5.41) is 12.1. The zero-order chi connectivity index (χ0) is 20.1. The van der Waals surface area contributed by atoms with E-state index < -0.39 is 5.41 Å². The second kappa shape index (κ2) is 8.25. The Balaban J connectivity index is 1.50. The first-order valence-corrected chi connectivity index (χ1v) is 9.35. The molecule has 3 amide bonds. The third-order valence-electron chi connectivity index (χ3n) is 5.17. The monoisotopic (exact) mass is 380 g/mol. The molecule has 2 aromatic carbocycles. The molecular formula is C22H24N2O4. The maximum Gasteiger partial charge on any atom is 0.240 e. The summed E-state index contributed by atoms with van der Waals surface area (Å²) in [6.07, 6.45) is 0.843. The minimum atomic E-state index is -0.867. The van der Waals surface area contributed by atoms with Gasteiger partial charge in [-0.25, -0.2) is 0 Å². The first-order chi connectivity index (χ1) is 13.4. The fourth-order valence-electron chi connectivity index (χ4n) is 3.45. The van der Waals surface area contributed by atoms with Crippen molar-refractivity contribution in [3.05, 3.63) is 65.7 Å². The van der Waals surface area contributed by atoms with Gasteiger partial charge in [-0.05, 0) is 36.6 Å². The highest BCUT2D eigenvalue weighted by Crippen LogP contribution is 2.36. The summed E-state index contributed by atoms with van der Waals surface area (Å²) in [6.45, 7) is 2.32. The number of likely N-dealkylation sites (tertiary alicyclic amines) is 1. The van der Waals surface area contributed by atoms with E-state index in [9.17, 15) is 19.5 Å². The van der Waals surface area contributed by atoms with E-state index in [1.54, 1.807) is 31.2 Å². The lowest BCUT2D eigenvalue weighted by molar-refractivity contribution is -0.140. The minimum Gasteiger partial charge on any atom is -0.508 e. The second-order valence-corrected chi connectivity index (χ2v) is 7.24. The van der Waals surface area contributed by atoms with Crippen LogP contribution in [0.3, 0.4) is 0 Å². The number of imide groups is 1. The van der Waals surface area contributed by atoms with Crippen LogP contribution in [-0.4, -0.2) is 40.8 Å². The van der Waals surface area contributed by atoms with Crippen LogP contribution in [0.15, 0.2) is 54.6 Å². The molecule has 28 heavy (non-hydrogen) atoms. The number of nitrogens with zero attached hydrogens (tertiary/aromatic N) is 1. The molecule has 3 rings (SSSR count). The number of phenols is 1. The molecule has 0 bridgehead atoms. The van der Waals surface area contributed by atoms with Crippen LogP contribution in [0.4, 0.5) is 0 Å². The van der Waals surface area contributed by atoms with Crippen LogP contribution in [0.5, 0.6) is 5.75 Å². The highest BCUT2D eigenvalue weighted by atomic mass is 16.3. The summed E-state index contributed by atoms with van der Waals surface area (Å²) in [5.74, 6) is -0.489. The van der Waals surface area contributed by atoms with Crippen LogP contribution in [0, 0.1) is 0 Å². The number of phenolic OH excluding ortho intramolecular Hbond substituents is 1. The number of rotatable bonds is 7. The molecular weight excluding hydrogens is 356 g/mol. The average molecular weight is 380 g/mol. The lowest BCUT2D eigenvalue weighted by Crippen LogP contribution is -2.39. The van der Waals surface area contributed by atoms with Crippen molar-refractivity contribution < 1.29 is 19.5 Å². The summed E-state index contributed by atoms with van der Waals surface area (Å²) in [5.41, 5.74) is 0.948. The van der Waals surface area contributed by atoms with Gasteiger partial charge in [0.05, 0.1) is 5.41 Å². The molecule has 1 atom stereocenters. The van der Waals surface area contributed by atoms with E-state index in [4.69, 9.17) is 0 Å². The maximum absolute atomic E-state index is 12.8. The van der Waals surface area contributed by atoms with Gasteiger partial charge in [0.15, 0.2) is 0 Å². The Morgan fingerprint density at radius 1 is 1.11 bits per heavy atom. The molecule has 146 valence electrons. The molecule has 0 radical (unpaired) electrons. The Labute approximate surface area is 164 Å². The van der Waals surface area contributed by atoms with Gasteiger partial charge in [-0.2, -0.15) is 0 Å². The number of aromatic hydroxyl groups is 1. The number of hydrogen-bond acceptors (Lipinski definition) is 4. The van der Waals surface area contributed by atoms with Gasteiger partial charge in [-0.15, -0.1) is 0 Å². The van der Waals surface area contributed by atoms with Crippen LogP contribution >= 0.6 is 0 Å². The van der Waals surface area contributed by atoms with E-state index in [0.717, 1.165) is 11.1 Å². The van der Waals surface area contributed by atoms with E-state index in [-0.39, 0.29) is 42.9 Å². The van der Waals surface area contributed by atoms with E-state index in [0.29, 0.717) is 13.0 Å². The SMILES string of the molecule is C[C@@]1(c2ccccc2)CC(=O)N(CCC(=O)NCCc2ccc(O)cc2)C1=O. The molecule has 0 aliphatic carbocycles. The summed E-state index contributed by atoms with van der Waals surface area (Å²) < 4.78 is 0. The average Bonchev–Trinajstić information content (AvgIpc) is 2.92. The van der Waals surface area contributed by atoms with Crippen molar-refractivity contribution >= 4 is 17.7 Å². The van der Waals surface area contributed by atoms with Crippen LogP contribution < -0.4 is 5.32 Å². The van der Waals surface area contributed by atoms with Gasteiger partial charge in [0.25, 0.3) is 0 Å². The maximum atomic E-state index is 12.8. The Kier molecular flexibility index (Phi) is 5.78. The zero-order valence-corrected chi connectivity index (χ0v) is 15.9. The van der Waals surface area contributed by atoms with Gasteiger partial charge in [0, 0.05) is 25.9 Å². The molecule has 2 N–H and O–H groups in total. The molecule has 0 aromatic heterocycles. The van der Waals surface area contributed by atoms with Crippen molar-refractivity contribution in [1.29, 1.82) is 0 Å². The number of carbonyl (C=O) groups is 3. The molecule has 1 fully saturated rings. The van der Waals surface area contributed by atoms with Crippen molar-refractivity contribution in [3.63, 3.8) is 0 Å². The van der Waals surface area contributed by atoms with Crippen molar-refractivity contribution in [2.24, 2.45) is 0 Å². The third kappa shape index (κ3) is 4.22. The fraction of sp³-hybridized carbons (Fsp3) is 0.318. The van der Waals surface area contributed by atoms with Crippen molar-refractivity contribution in [3.8, 4) is 5.75 Å². The van der Waals surface area contributed by atoms with Gasteiger partial charge < -0.3 is 10.4 Å². The Bertz CT molecular complexity index is 864. The molecule has 1 saturated heterocycles. The summed E-state index contributed by atoms with van der Waals surface area (Å²) in [7, 11) is 0. The molecule has 6 heteroatoms. The van der Waals surface area contributed by atoms with Crippen molar-refractivity contribution in [2.45, 2.75) is 31.6 Å². The van der Waals surface area contributed by atoms with Gasteiger partial charge >= 0.3 is 0 Å². The molecule has 0 spiro atoms. The molecule has 1 heterocycles. The topological polar surface area (TPSA) is 86.7 Å². The molecule has 1 aliphatic rings. The van der Waals surface area contributed by atoms with Gasteiger partial charge in [0.1, 0.15) is 5.75 Å². The second-order valence-electron chi connectivity index (χ2n) is 7.24. The number of carbonyl (C=O) groups excluding carboxylic acids is 3. The fourth-order valence-corrected chi connectivity index (χ4v) is 3.45. The van der Waals surface area contributed by atoms with E-state index >= 15 is 0 Å². The number of nitrogens with one attached hydrogen (secondary N) is 1. The van der Waals surface area contributed by atoms with E-state index in [1.807, 2.05) is 30.3 Å². The quantitative estimate of drug-likeness (QED) is 0.721. The first-order valence-electron chi connectivity index (χ1n) is 9.35. The normalized spacial score (nSPS) is 19.1. The zero-order valence-electron chi connectivity index (χ0n) is 15.9. The van der Waals surface area contributed by atoms with Crippen molar-refractivity contribution in [1.82, 2.24) is 10.2 Å². The van der Waals surface area contributed by atoms with Crippen LogP contribution in [0.1, 0.15) is 30.9 Å². The van der Waals surface area contributed by atoms with E-state index in [1.165, 1.54) is 4.90 Å². The molecule has 0 saturated carbocycles. The lowest BCUT2D eigenvalue weighted by Gasteiger charge is -2.22. The lowest BCUT2D eigenvalue weighted by atomic mass is 9.81. The summed E-state index contributed by atoms with van der Waals surface area (Å²) in [6, 6.07) is 16.1. The van der Waals surface area contributed by atoms with E-state index in [2.05, 4.69) is 5.32 Å². The van der Waals surface area contributed by atoms with Gasteiger partial charge in [0.2, 0.25) is 17.7 Å². The van der Waals surface area contributed by atoms with Gasteiger partial charge in [-0.3, -0.25) is 19.3 Å². The Hall–Kier alpha value is -3.15. The first kappa shape index (κ1) is 19.6. The highest BCUT2D eigenvalue weighted by Gasteiger charge is 2.48. The van der Waals surface area contributed by atoms with Crippen LogP contribution in [0.25, 0.3) is 0 Å². The standard InChI is InChI=1S/C22H24N2O4/c1-22(17-5-3-2-4-6-17)15-20(27)24(21(22)28)14-12-19(26)23-13-11-16-7-9-18(25)10-8-16/h2-10,25H,11-15H2,1H3,(H,23,26)/t22-/m0/s1. The molecule has 1 aliphatic heterocycles. The van der Waals surface area contributed by atoms with Crippen LogP contribution in [0.2, 0.25) is 0 Å². The largest absolute Gasteiger partial charge is 0.508 e. The van der Waals surface area contributed by atoms with Gasteiger partial charge in [-0.1, -0.05) is 42.5 Å². The predicted molar refractivity (Wildman–Crippen MR) is 105 cm³/mol. The number of benzene rings is 2. The smallest absolute Gasteiger partial charge is 0.240 e. The highest BCUT2D eigenvalue weighted by molar-refractivity contribution is 6.09. The molecule has 6 nitrogen and oxygen atoms in total. The predicted octanol–water partition coefficient (Wildman–Crippen LogP) is 2.16. The Morgan fingerprint density at radius 3 is 2.46 bits per heavy atom. The number of hydrogen-bond donors (Lipinski definition) is 2. The van der Waals surface area contributed by atoms with Crippen LogP contribution in [-0.2, 0) is 26.2 Å². The number of amides is 3. The molecule has 0 unspecified atom stereocenters. The Morgan fingerprint density at radius 2 is 1.79 bits per heavy atom. The van der Waals surface area contributed by atoms with Crippen molar-refractivity contribution in [2.75, 3.05) is 13.1 Å². The molecule has 2 aromatic rings. The third-order valence-corrected chi connectivity index (χ3v) is 5.17. The summed E-state index contributed by atoms with van der Waals surface area (Å²) in [4.78, 5) is 38.5. The summed E-state index contributed by atoms with van der Waals surface area (Å²) >= 11 is 0.